The van der Waals surface area contributed by atoms with E-state index in [1.165, 1.54) is 29.4 Å². The normalized spacial score (nSPS) is 22.4. The summed E-state index contributed by atoms with van der Waals surface area (Å²) in [6, 6.07) is 0. The molecule has 1 aliphatic heterocycles. The van der Waals surface area contributed by atoms with Gasteiger partial charge >= 0.3 is 0 Å². The zero-order chi connectivity index (χ0) is 10.7. The Morgan fingerprint density at radius 1 is 1.67 bits per heavy atom. The van der Waals surface area contributed by atoms with Gasteiger partial charge in [-0.2, -0.15) is 0 Å². The number of rotatable bonds is 4. The Morgan fingerprint density at radius 2 is 2.53 bits per heavy atom. The molecular formula is C11H19N3S. The number of likely N-dealkylation sites (tertiary alicyclic amines) is 1. The van der Waals surface area contributed by atoms with Crippen LogP contribution in [-0.2, 0) is 6.54 Å². The highest BCUT2D eigenvalue weighted by Crippen LogP contribution is 2.20. The monoisotopic (exact) mass is 225 g/mol. The van der Waals surface area contributed by atoms with Crippen LogP contribution in [0.4, 0.5) is 0 Å². The molecule has 1 unspecified atom stereocenters. The Hall–Kier alpha value is -0.450. The van der Waals surface area contributed by atoms with Crippen molar-refractivity contribution < 1.29 is 0 Å². The van der Waals surface area contributed by atoms with Gasteiger partial charge in [-0.05, 0) is 39.4 Å². The largest absolute Gasteiger partial charge is 0.319 e. The molecule has 0 saturated carbocycles. The first-order chi connectivity index (χ1) is 7.28. The van der Waals surface area contributed by atoms with Gasteiger partial charge in [-0.1, -0.05) is 0 Å². The third kappa shape index (κ3) is 3.00. The molecule has 1 fully saturated rings. The molecule has 0 radical (unpaired) electrons. The smallest absolute Gasteiger partial charge is 0.107 e. The molecule has 1 aliphatic rings. The number of aryl methyl sites for hydroxylation is 1. The summed E-state index contributed by atoms with van der Waals surface area (Å²) in [6.07, 6.45) is 3.30. The van der Waals surface area contributed by atoms with Crippen LogP contribution in [0.25, 0.3) is 0 Å². The molecule has 1 aromatic rings. The van der Waals surface area contributed by atoms with E-state index in [2.05, 4.69) is 22.1 Å². The van der Waals surface area contributed by atoms with Gasteiger partial charge in [-0.25, -0.2) is 4.98 Å². The molecule has 2 heterocycles. The minimum absolute atomic E-state index is 0.830. The van der Waals surface area contributed by atoms with Gasteiger partial charge in [-0.3, -0.25) is 4.90 Å². The molecule has 0 aromatic carbocycles. The van der Waals surface area contributed by atoms with E-state index in [0.29, 0.717) is 0 Å². The quantitative estimate of drug-likeness (QED) is 0.841. The van der Waals surface area contributed by atoms with Crippen LogP contribution in [0, 0.1) is 12.8 Å². The predicted octanol–water partition coefficient (Wildman–Crippen LogP) is 1.49. The second kappa shape index (κ2) is 5.05. The van der Waals surface area contributed by atoms with Gasteiger partial charge in [-0.15, -0.1) is 11.3 Å². The van der Waals surface area contributed by atoms with Gasteiger partial charge in [0.1, 0.15) is 5.01 Å². The van der Waals surface area contributed by atoms with Crippen LogP contribution < -0.4 is 5.32 Å². The van der Waals surface area contributed by atoms with E-state index in [9.17, 15) is 0 Å². The highest BCUT2D eigenvalue weighted by atomic mass is 32.1. The molecule has 1 atom stereocenters. The Labute approximate surface area is 95.5 Å². The van der Waals surface area contributed by atoms with Crippen LogP contribution >= 0.6 is 11.3 Å². The Balaban J connectivity index is 1.82. The van der Waals surface area contributed by atoms with Gasteiger partial charge in [0.15, 0.2) is 0 Å². The molecule has 1 saturated heterocycles. The lowest BCUT2D eigenvalue weighted by Crippen LogP contribution is -2.24. The molecule has 0 spiro atoms. The number of nitrogens with one attached hydrogen (secondary N) is 1. The number of hydrogen-bond acceptors (Lipinski definition) is 4. The molecular weight excluding hydrogens is 206 g/mol. The molecule has 0 aliphatic carbocycles. The summed E-state index contributed by atoms with van der Waals surface area (Å²) in [6.45, 7) is 6.76. The Kier molecular flexibility index (Phi) is 3.72. The van der Waals surface area contributed by atoms with Crippen LogP contribution in [0.5, 0.6) is 0 Å². The summed E-state index contributed by atoms with van der Waals surface area (Å²) < 4.78 is 0. The minimum Gasteiger partial charge on any atom is -0.319 e. The van der Waals surface area contributed by atoms with E-state index < -0.39 is 0 Å². The first kappa shape index (κ1) is 11.0. The van der Waals surface area contributed by atoms with Crippen molar-refractivity contribution in [2.45, 2.75) is 19.9 Å². The van der Waals surface area contributed by atoms with Crippen molar-refractivity contribution in [3.05, 3.63) is 16.1 Å². The fourth-order valence-corrected chi connectivity index (χ4v) is 3.01. The van der Waals surface area contributed by atoms with Crippen molar-refractivity contribution in [1.29, 1.82) is 0 Å². The number of aromatic nitrogens is 1. The van der Waals surface area contributed by atoms with E-state index >= 15 is 0 Å². The fraction of sp³-hybridized carbons (Fsp3) is 0.727. The zero-order valence-electron chi connectivity index (χ0n) is 9.49. The standard InChI is InChI=1S/C11H19N3S/c1-9-5-13-11(15-9)8-14-4-3-10(7-14)6-12-2/h5,10,12H,3-4,6-8H2,1-2H3. The molecule has 84 valence electrons. The molecule has 1 aromatic heterocycles. The van der Waals surface area contributed by atoms with Crippen molar-refractivity contribution in [3.8, 4) is 0 Å². The highest BCUT2D eigenvalue weighted by molar-refractivity contribution is 7.11. The van der Waals surface area contributed by atoms with Crippen LogP contribution in [0.3, 0.4) is 0 Å². The third-order valence-electron chi connectivity index (χ3n) is 2.89. The third-order valence-corrected chi connectivity index (χ3v) is 3.79. The first-order valence-corrected chi connectivity index (χ1v) is 6.38. The van der Waals surface area contributed by atoms with Crippen molar-refractivity contribution in [3.63, 3.8) is 0 Å². The maximum absolute atomic E-state index is 4.41. The Bertz CT molecular complexity index is 311. The summed E-state index contributed by atoms with van der Waals surface area (Å²) >= 11 is 1.82. The summed E-state index contributed by atoms with van der Waals surface area (Å²) in [7, 11) is 2.03. The van der Waals surface area contributed by atoms with Gasteiger partial charge in [0.05, 0.1) is 6.54 Å². The average Bonchev–Trinajstić information content (AvgIpc) is 2.78. The maximum Gasteiger partial charge on any atom is 0.107 e. The topological polar surface area (TPSA) is 28.2 Å². The summed E-state index contributed by atoms with van der Waals surface area (Å²) in [5.74, 6) is 0.830. The van der Waals surface area contributed by atoms with E-state index in [-0.39, 0.29) is 0 Å². The lowest BCUT2D eigenvalue weighted by molar-refractivity contribution is 0.315. The van der Waals surface area contributed by atoms with E-state index in [4.69, 9.17) is 0 Å². The van der Waals surface area contributed by atoms with Gasteiger partial charge in [0, 0.05) is 17.6 Å². The summed E-state index contributed by atoms with van der Waals surface area (Å²) in [5, 5.41) is 4.52. The highest BCUT2D eigenvalue weighted by Gasteiger charge is 2.22. The average molecular weight is 225 g/mol. The maximum atomic E-state index is 4.41. The summed E-state index contributed by atoms with van der Waals surface area (Å²) in [5.41, 5.74) is 0. The SMILES string of the molecule is CNCC1CCN(Cc2ncc(C)s2)C1. The lowest BCUT2D eigenvalue weighted by Gasteiger charge is -2.13. The second-order valence-corrected chi connectivity index (χ2v) is 5.63. The molecule has 3 nitrogen and oxygen atoms in total. The first-order valence-electron chi connectivity index (χ1n) is 5.56. The number of hydrogen-bond donors (Lipinski definition) is 1. The van der Waals surface area contributed by atoms with E-state index in [1.807, 2.05) is 24.6 Å². The van der Waals surface area contributed by atoms with Crippen LogP contribution in [0.2, 0.25) is 0 Å². The zero-order valence-corrected chi connectivity index (χ0v) is 10.3. The van der Waals surface area contributed by atoms with Gasteiger partial charge in [0.2, 0.25) is 0 Å². The molecule has 0 amide bonds. The molecule has 4 heteroatoms. The van der Waals surface area contributed by atoms with Crippen molar-refractivity contribution >= 4 is 11.3 Å². The Morgan fingerprint density at radius 3 is 3.20 bits per heavy atom. The fourth-order valence-electron chi connectivity index (χ4n) is 2.18. The van der Waals surface area contributed by atoms with E-state index in [1.54, 1.807) is 0 Å². The number of nitrogens with zero attached hydrogens (tertiary/aromatic N) is 2. The second-order valence-electron chi connectivity index (χ2n) is 4.31. The molecule has 1 N–H and O–H groups in total. The van der Waals surface area contributed by atoms with E-state index in [0.717, 1.165) is 19.0 Å². The summed E-state index contributed by atoms with van der Waals surface area (Å²) in [4.78, 5) is 8.24. The molecule has 2 rings (SSSR count). The molecule has 0 bridgehead atoms. The van der Waals surface area contributed by atoms with Crippen LogP contribution in [0.1, 0.15) is 16.3 Å². The van der Waals surface area contributed by atoms with Crippen molar-refractivity contribution in [1.82, 2.24) is 15.2 Å². The van der Waals surface area contributed by atoms with Gasteiger partial charge < -0.3 is 5.32 Å². The minimum atomic E-state index is 0.830. The number of thiazole rings is 1. The van der Waals surface area contributed by atoms with Crippen molar-refractivity contribution in [2.75, 3.05) is 26.7 Å². The van der Waals surface area contributed by atoms with Crippen LogP contribution in [-0.4, -0.2) is 36.6 Å². The molecule has 15 heavy (non-hydrogen) atoms. The lowest BCUT2D eigenvalue weighted by atomic mass is 10.1. The predicted molar refractivity (Wildman–Crippen MR) is 64.2 cm³/mol. The van der Waals surface area contributed by atoms with Crippen molar-refractivity contribution in [2.24, 2.45) is 5.92 Å². The van der Waals surface area contributed by atoms with Gasteiger partial charge in [0.25, 0.3) is 0 Å². The van der Waals surface area contributed by atoms with Crippen LogP contribution in [0.15, 0.2) is 6.20 Å².